The summed E-state index contributed by atoms with van der Waals surface area (Å²) in [5, 5.41) is 10.5. The molecule has 1 aromatic heterocycles. The minimum atomic E-state index is -1.00. The first-order valence-electron chi connectivity index (χ1n) is 7.17. The molecule has 0 atom stereocenters. The van der Waals surface area contributed by atoms with Crippen LogP contribution >= 0.6 is 11.3 Å². The standard InChI is InChI=1S/C16H21NO3S/c1-16(2)7-3-9-17(10-8-16)15(20)14-12(6-11-21-14)4-5-13(18)19/h4-6,11H,3,7-10H2,1-2H3,(H,18,19). The van der Waals surface area contributed by atoms with Crippen molar-refractivity contribution in [2.45, 2.75) is 33.1 Å². The van der Waals surface area contributed by atoms with E-state index in [1.807, 2.05) is 10.3 Å². The quantitative estimate of drug-likeness (QED) is 0.870. The van der Waals surface area contributed by atoms with E-state index < -0.39 is 5.97 Å². The van der Waals surface area contributed by atoms with Gasteiger partial charge in [0.2, 0.25) is 0 Å². The largest absolute Gasteiger partial charge is 0.478 e. The van der Waals surface area contributed by atoms with Crippen molar-refractivity contribution in [1.29, 1.82) is 0 Å². The Kier molecular flexibility index (Phi) is 4.83. The molecule has 1 fully saturated rings. The predicted molar refractivity (Wildman–Crippen MR) is 84.5 cm³/mol. The third kappa shape index (κ3) is 4.17. The number of carboxylic acid groups (broad SMARTS) is 1. The lowest BCUT2D eigenvalue weighted by molar-refractivity contribution is -0.131. The number of likely N-dealkylation sites (tertiary alicyclic amines) is 1. The summed E-state index contributed by atoms with van der Waals surface area (Å²) in [6, 6.07) is 1.79. The van der Waals surface area contributed by atoms with E-state index in [1.165, 1.54) is 17.4 Å². The zero-order chi connectivity index (χ0) is 15.5. The molecule has 0 radical (unpaired) electrons. The van der Waals surface area contributed by atoms with Crippen LogP contribution in [0.25, 0.3) is 6.08 Å². The number of carbonyl (C=O) groups is 2. The van der Waals surface area contributed by atoms with E-state index in [1.54, 1.807) is 6.07 Å². The van der Waals surface area contributed by atoms with Crippen molar-refractivity contribution in [3.63, 3.8) is 0 Å². The maximum atomic E-state index is 12.6. The number of rotatable bonds is 3. The van der Waals surface area contributed by atoms with Crippen LogP contribution in [-0.4, -0.2) is 35.0 Å². The molecule has 0 aromatic carbocycles. The summed E-state index contributed by atoms with van der Waals surface area (Å²) in [5.74, 6) is -0.983. The Morgan fingerprint density at radius 1 is 1.33 bits per heavy atom. The Morgan fingerprint density at radius 2 is 2.10 bits per heavy atom. The van der Waals surface area contributed by atoms with Gasteiger partial charge in [0.15, 0.2) is 0 Å². The highest BCUT2D eigenvalue weighted by molar-refractivity contribution is 7.12. The minimum Gasteiger partial charge on any atom is -0.478 e. The van der Waals surface area contributed by atoms with Crippen LogP contribution in [0.5, 0.6) is 0 Å². The SMILES string of the molecule is CC1(C)CCCN(C(=O)c2sccc2C=CC(=O)O)CC1. The zero-order valence-corrected chi connectivity index (χ0v) is 13.3. The van der Waals surface area contributed by atoms with E-state index in [-0.39, 0.29) is 11.3 Å². The molecule has 1 aromatic rings. The monoisotopic (exact) mass is 307 g/mol. The first kappa shape index (κ1) is 15.8. The fraction of sp³-hybridized carbons (Fsp3) is 0.500. The van der Waals surface area contributed by atoms with E-state index in [2.05, 4.69) is 13.8 Å². The Bertz CT molecular complexity index is 560. The van der Waals surface area contributed by atoms with Crippen molar-refractivity contribution in [3.05, 3.63) is 28.0 Å². The van der Waals surface area contributed by atoms with Crippen LogP contribution in [0.2, 0.25) is 0 Å². The number of hydrogen-bond acceptors (Lipinski definition) is 3. The van der Waals surface area contributed by atoms with Crippen molar-refractivity contribution in [1.82, 2.24) is 4.90 Å². The molecule has 1 saturated heterocycles. The van der Waals surface area contributed by atoms with Crippen molar-refractivity contribution >= 4 is 29.3 Å². The third-order valence-electron chi connectivity index (χ3n) is 3.92. The zero-order valence-electron chi connectivity index (χ0n) is 12.5. The van der Waals surface area contributed by atoms with Crippen molar-refractivity contribution in [3.8, 4) is 0 Å². The van der Waals surface area contributed by atoms with Crippen LogP contribution in [0.4, 0.5) is 0 Å². The van der Waals surface area contributed by atoms with Crippen LogP contribution in [-0.2, 0) is 4.79 Å². The molecule has 114 valence electrons. The van der Waals surface area contributed by atoms with E-state index in [9.17, 15) is 9.59 Å². The Labute approximate surface area is 129 Å². The second-order valence-corrected chi connectivity index (χ2v) is 7.10. The maximum Gasteiger partial charge on any atom is 0.328 e. The molecule has 0 aliphatic carbocycles. The molecular formula is C16H21NO3S. The molecule has 1 aliphatic heterocycles. The highest BCUT2D eigenvalue weighted by Gasteiger charge is 2.27. The number of thiophene rings is 1. The molecule has 0 spiro atoms. The van der Waals surface area contributed by atoms with Gasteiger partial charge < -0.3 is 10.0 Å². The summed E-state index contributed by atoms with van der Waals surface area (Å²) in [5.41, 5.74) is 0.979. The molecule has 1 amide bonds. The number of carbonyl (C=O) groups excluding carboxylic acids is 1. The van der Waals surface area contributed by atoms with Gasteiger partial charge in [0.05, 0.1) is 4.88 Å². The second-order valence-electron chi connectivity index (χ2n) is 6.19. The lowest BCUT2D eigenvalue weighted by Crippen LogP contribution is -2.32. The summed E-state index contributed by atoms with van der Waals surface area (Å²) in [6.45, 7) is 6.04. The van der Waals surface area contributed by atoms with Crippen LogP contribution in [0.15, 0.2) is 17.5 Å². The van der Waals surface area contributed by atoms with E-state index >= 15 is 0 Å². The normalized spacial score (nSPS) is 18.7. The molecule has 0 saturated carbocycles. The Balaban J connectivity index is 2.13. The molecule has 4 nitrogen and oxygen atoms in total. The number of carboxylic acids is 1. The third-order valence-corrected chi connectivity index (χ3v) is 4.84. The topological polar surface area (TPSA) is 57.6 Å². The molecule has 1 N–H and O–H groups in total. The van der Waals surface area contributed by atoms with Gasteiger partial charge in [-0.05, 0) is 47.8 Å². The Morgan fingerprint density at radius 3 is 2.81 bits per heavy atom. The molecule has 5 heteroatoms. The van der Waals surface area contributed by atoms with Crippen molar-refractivity contribution in [2.75, 3.05) is 13.1 Å². The molecule has 2 heterocycles. The van der Waals surface area contributed by atoms with Gasteiger partial charge >= 0.3 is 5.97 Å². The van der Waals surface area contributed by atoms with Crippen molar-refractivity contribution in [2.24, 2.45) is 5.41 Å². The number of aliphatic carboxylic acids is 1. The van der Waals surface area contributed by atoms with Gasteiger partial charge in [-0.2, -0.15) is 0 Å². The summed E-state index contributed by atoms with van der Waals surface area (Å²) in [4.78, 5) is 25.8. The summed E-state index contributed by atoms with van der Waals surface area (Å²) < 4.78 is 0. The smallest absolute Gasteiger partial charge is 0.328 e. The van der Waals surface area contributed by atoms with Gasteiger partial charge in [0.1, 0.15) is 0 Å². The first-order chi connectivity index (χ1) is 9.89. The number of hydrogen-bond donors (Lipinski definition) is 1. The predicted octanol–water partition coefficient (Wildman–Crippen LogP) is 3.50. The van der Waals surface area contributed by atoms with Gasteiger partial charge in [-0.25, -0.2) is 4.79 Å². The molecular weight excluding hydrogens is 286 g/mol. The van der Waals surface area contributed by atoms with Gasteiger partial charge in [-0.3, -0.25) is 4.79 Å². The molecule has 0 bridgehead atoms. The second kappa shape index (κ2) is 6.43. The number of nitrogens with zero attached hydrogens (tertiary/aromatic N) is 1. The number of amides is 1. The average Bonchev–Trinajstić information content (AvgIpc) is 2.80. The molecule has 1 aliphatic rings. The Hall–Kier alpha value is -1.62. The van der Waals surface area contributed by atoms with Gasteiger partial charge in [-0.1, -0.05) is 13.8 Å². The summed E-state index contributed by atoms with van der Waals surface area (Å²) in [6.07, 6.45) is 5.72. The van der Waals surface area contributed by atoms with Crippen LogP contribution < -0.4 is 0 Å². The first-order valence-corrected chi connectivity index (χ1v) is 8.05. The van der Waals surface area contributed by atoms with Crippen LogP contribution in [0, 0.1) is 5.41 Å². The molecule has 21 heavy (non-hydrogen) atoms. The fourth-order valence-corrected chi connectivity index (χ4v) is 3.41. The van der Waals surface area contributed by atoms with E-state index in [0.717, 1.165) is 38.4 Å². The van der Waals surface area contributed by atoms with Gasteiger partial charge in [0.25, 0.3) is 5.91 Å². The van der Waals surface area contributed by atoms with Crippen LogP contribution in [0.3, 0.4) is 0 Å². The average molecular weight is 307 g/mol. The highest BCUT2D eigenvalue weighted by atomic mass is 32.1. The van der Waals surface area contributed by atoms with Crippen LogP contribution in [0.1, 0.15) is 48.3 Å². The minimum absolute atomic E-state index is 0.0211. The molecule has 0 unspecified atom stereocenters. The lowest BCUT2D eigenvalue weighted by atomic mass is 9.85. The maximum absolute atomic E-state index is 12.6. The van der Waals surface area contributed by atoms with E-state index in [0.29, 0.717) is 10.4 Å². The summed E-state index contributed by atoms with van der Waals surface area (Å²) >= 11 is 1.37. The van der Waals surface area contributed by atoms with Gasteiger partial charge in [0, 0.05) is 19.2 Å². The molecule has 2 rings (SSSR count). The van der Waals surface area contributed by atoms with Gasteiger partial charge in [-0.15, -0.1) is 11.3 Å². The fourth-order valence-electron chi connectivity index (χ4n) is 2.55. The van der Waals surface area contributed by atoms with Crippen molar-refractivity contribution < 1.29 is 14.7 Å². The lowest BCUT2D eigenvalue weighted by Gasteiger charge is -2.23. The van der Waals surface area contributed by atoms with E-state index in [4.69, 9.17) is 5.11 Å². The highest BCUT2D eigenvalue weighted by Crippen LogP contribution is 2.31. The summed E-state index contributed by atoms with van der Waals surface area (Å²) in [7, 11) is 0.